The maximum absolute atomic E-state index is 12.5. The number of ether oxygens (including phenoxy) is 2. The van der Waals surface area contributed by atoms with Gasteiger partial charge in [0.15, 0.2) is 0 Å². The van der Waals surface area contributed by atoms with Gasteiger partial charge in [-0.3, -0.25) is 0 Å². The van der Waals surface area contributed by atoms with Crippen LogP contribution in [0.1, 0.15) is 126 Å². The number of hydrogen-bond donors (Lipinski definition) is 0. The van der Waals surface area contributed by atoms with E-state index in [-0.39, 0.29) is 11.1 Å². The van der Waals surface area contributed by atoms with Gasteiger partial charge in [-0.15, -0.1) is 0 Å². The van der Waals surface area contributed by atoms with Crippen LogP contribution in [-0.2, 0) is 9.47 Å². The van der Waals surface area contributed by atoms with Crippen LogP contribution in [0.5, 0.6) is 0 Å². The molecule has 1 rings (SSSR count). The second kappa shape index (κ2) is 14.3. The summed E-state index contributed by atoms with van der Waals surface area (Å²) >= 11 is 0. The molecular weight excluding hydrogens is 400 g/mol. The minimum atomic E-state index is -0.450. The average molecular weight is 447 g/mol. The van der Waals surface area contributed by atoms with Crippen molar-refractivity contribution in [2.45, 2.75) is 106 Å². The van der Waals surface area contributed by atoms with Crippen molar-refractivity contribution in [3.05, 3.63) is 35.4 Å². The molecule has 0 amide bonds. The van der Waals surface area contributed by atoms with Crippen molar-refractivity contribution >= 4 is 11.9 Å². The minimum Gasteiger partial charge on any atom is -0.462 e. The second-order valence-electron chi connectivity index (χ2n) is 11.3. The van der Waals surface area contributed by atoms with Crippen LogP contribution < -0.4 is 0 Å². The van der Waals surface area contributed by atoms with E-state index in [9.17, 15) is 9.59 Å². The summed E-state index contributed by atoms with van der Waals surface area (Å²) in [5.41, 5.74) is 1.32. The summed E-state index contributed by atoms with van der Waals surface area (Å²) in [6, 6.07) is 6.76. The molecule has 0 aliphatic heterocycles. The predicted molar refractivity (Wildman–Crippen MR) is 132 cm³/mol. The Bertz CT molecular complexity index is 620. The van der Waals surface area contributed by atoms with Crippen LogP contribution in [0.15, 0.2) is 24.3 Å². The van der Waals surface area contributed by atoms with Crippen LogP contribution in [0, 0.1) is 10.8 Å². The third-order valence-corrected chi connectivity index (χ3v) is 5.48. The summed E-state index contributed by atoms with van der Waals surface area (Å²) in [7, 11) is 0. The molecule has 0 atom stereocenters. The number of esters is 2. The van der Waals surface area contributed by atoms with Gasteiger partial charge >= 0.3 is 11.9 Å². The molecule has 0 saturated carbocycles. The molecule has 4 heteroatoms. The Morgan fingerprint density at radius 3 is 1.28 bits per heavy atom. The van der Waals surface area contributed by atoms with E-state index in [2.05, 4.69) is 41.5 Å². The SMILES string of the molecule is CC(C)(C)CCCCCCOC(=O)c1ccccc1C(=O)OCCCCCCC(C)(C)C. The zero-order chi connectivity index (χ0) is 24.0. The molecular formula is C28H46O4. The van der Waals surface area contributed by atoms with E-state index in [1.165, 1.54) is 25.7 Å². The Labute approximate surface area is 196 Å². The van der Waals surface area contributed by atoms with Crippen molar-refractivity contribution in [1.29, 1.82) is 0 Å². The molecule has 0 saturated heterocycles. The number of hydrogen-bond acceptors (Lipinski definition) is 4. The van der Waals surface area contributed by atoms with Crippen LogP contribution in [0.4, 0.5) is 0 Å². The van der Waals surface area contributed by atoms with E-state index in [0.29, 0.717) is 24.0 Å². The molecule has 0 spiro atoms. The van der Waals surface area contributed by atoms with Gasteiger partial charge in [-0.2, -0.15) is 0 Å². The van der Waals surface area contributed by atoms with E-state index >= 15 is 0 Å². The monoisotopic (exact) mass is 446 g/mol. The minimum absolute atomic E-state index is 0.287. The van der Waals surface area contributed by atoms with E-state index in [4.69, 9.17) is 9.47 Å². The van der Waals surface area contributed by atoms with E-state index in [0.717, 1.165) is 38.5 Å². The Hall–Kier alpha value is -1.84. The van der Waals surface area contributed by atoms with Gasteiger partial charge in [0.05, 0.1) is 24.3 Å². The summed E-state index contributed by atoms with van der Waals surface area (Å²) in [6.07, 6.45) is 10.9. The van der Waals surface area contributed by atoms with Gasteiger partial charge in [-0.05, 0) is 48.6 Å². The van der Waals surface area contributed by atoms with E-state index < -0.39 is 11.9 Å². The third-order valence-electron chi connectivity index (χ3n) is 5.48. The lowest BCUT2D eigenvalue weighted by atomic mass is 9.89. The fourth-order valence-electron chi connectivity index (χ4n) is 3.55. The predicted octanol–water partition coefficient (Wildman–Crippen LogP) is 7.99. The number of benzene rings is 1. The number of carbonyl (C=O) groups excluding carboxylic acids is 2. The summed E-state index contributed by atoms with van der Waals surface area (Å²) in [5.74, 6) is -0.899. The van der Waals surface area contributed by atoms with Crippen LogP contribution in [0.3, 0.4) is 0 Å². The first-order valence-corrected chi connectivity index (χ1v) is 12.4. The summed E-state index contributed by atoms with van der Waals surface area (Å²) < 4.78 is 10.8. The standard InChI is InChI=1S/C28H46O4/c1-27(2,3)19-13-7-9-15-21-31-25(29)23-17-11-12-18-24(23)26(30)32-22-16-10-8-14-20-28(4,5)6/h11-12,17-18H,7-10,13-16,19-22H2,1-6H3. The highest BCUT2D eigenvalue weighted by molar-refractivity contribution is 6.03. The molecule has 32 heavy (non-hydrogen) atoms. The highest BCUT2D eigenvalue weighted by atomic mass is 16.5. The highest BCUT2D eigenvalue weighted by Crippen LogP contribution is 2.23. The fraction of sp³-hybridized carbons (Fsp3) is 0.714. The van der Waals surface area contributed by atoms with Crippen molar-refractivity contribution < 1.29 is 19.1 Å². The molecule has 0 aliphatic carbocycles. The molecule has 0 aromatic heterocycles. The lowest BCUT2D eigenvalue weighted by Gasteiger charge is -2.17. The summed E-state index contributed by atoms with van der Waals surface area (Å²) in [6.45, 7) is 14.3. The van der Waals surface area contributed by atoms with Crippen LogP contribution >= 0.6 is 0 Å². The molecule has 0 fully saturated rings. The van der Waals surface area contributed by atoms with E-state index in [1.54, 1.807) is 24.3 Å². The average Bonchev–Trinajstić information content (AvgIpc) is 2.70. The Morgan fingerprint density at radius 2 is 0.938 bits per heavy atom. The molecule has 0 radical (unpaired) electrons. The maximum Gasteiger partial charge on any atom is 0.339 e. The van der Waals surface area contributed by atoms with Gasteiger partial charge in [0, 0.05) is 0 Å². The van der Waals surface area contributed by atoms with Gasteiger partial charge in [-0.25, -0.2) is 9.59 Å². The molecule has 1 aromatic carbocycles. The molecule has 0 bridgehead atoms. The third kappa shape index (κ3) is 13.5. The van der Waals surface area contributed by atoms with Gasteiger partial charge in [-0.1, -0.05) is 92.2 Å². The Kier molecular flexibility index (Phi) is 12.6. The number of unbranched alkanes of at least 4 members (excludes halogenated alkanes) is 6. The van der Waals surface area contributed by atoms with E-state index in [1.807, 2.05) is 0 Å². The van der Waals surface area contributed by atoms with Gasteiger partial charge in [0.25, 0.3) is 0 Å². The topological polar surface area (TPSA) is 52.6 Å². The lowest BCUT2D eigenvalue weighted by Crippen LogP contribution is -2.15. The molecule has 182 valence electrons. The first-order chi connectivity index (χ1) is 15.0. The van der Waals surface area contributed by atoms with Gasteiger partial charge in [0.1, 0.15) is 0 Å². The van der Waals surface area contributed by atoms with Crippen molar-refractivity contribution in [2.24, 2.45) is 10.8 Å². The summed E-state index contributed by atoms with van der Waals surface area (Å²) in [4.78, 5) is 25.0. The molecule has 0 N–H and O–H groups in total. The number of carbonyl (C=O) groups is 2. The zero-order valence-electron chi connectivity index (χ0n) is 21.4. The highest BCUT2D eigenvalue weighted by Gasteiger charge is 2.19. The van der Waals surface area contributed by atoms with Crippen LogP contribution in [0.25, 0.3) is 0 Å². The normalized spacial score (nSPS) is 11.9. The molecule has 0 heterocycles. The molecule has 0 aliphatic rings. The van der Waals surface area contributed by atoms with Gasteiger partial charge < -0.3 is 9.47 Å². The second-order valence-corrected chi connectivity index (χ2v) is 11.3. The van der Waals surface area contributed by atoms with Crippen LogP contribution in [0.2, 0.25) is 0 Å². The molecule has 1 aromatic rings. The van der Waals surface area contributed by atoms with Crippen molar-refractivity contribution in [3.8, 4) is 0 Å². The first kappa shape index (κ1) is 28.2. The van der Waals surface area contributed by atoms with Crippen molar-refractivity contribution in [3.63, 3.8) is 0 Å². The quantitative estimate of drug-likeness (QED) is 0.215. The lowest BCUT2D eigenvalue weighted by molar-refractivity contribution is 0.0450. The largest absolute Gasteiger partial charge is 0.462 e. The zero-order valence-corrected chi connectivity index (χ0v) is 21.4. The Balaban J connectivity index is 2.32. The van der Waals surface area contributed by atoms with Crippen molar-refractivity contribution in [2.75, 3.05) is 13.2 Å². The van der Waals surface area contributed by atoms with Crippen LogP contribution in [-0.4, -0.2) is 25.2 Å². The smallest absolute Gasteiger partial charge is 0.339 e. The summed E-state index contributed by atoms with van der Waals surface area (Å²) in [5, 5.41) is 0. The Morgan fingerprint density at radius 1 is 0.594 bits per heavy atom. The molecule has 4 nitrogen and oxygen atoms in total. The number of rotatable bonds is 14. The fourth-order valence-corrected chi connectivity index (χ4v) is 3.55. The molecule has 0 unspecified atom stereocenters. The first-order valence-electron chi connectivity index (χ1n) is 12.4. The maximum atomic E-state index is 12.5. The van der Waals surface area contributed by atoms with Crippen molar-refractivity contribution in [1.82, 2.24) is 0 Å². The van der Waals surface area contributed by atoms with Gasteiger partial charge in [0.2, 0.25) is 0 Å².